The molecule has 1 amide bonds. The zero-order chi connectivity index (χ0) is 23.8. The number of hydrogen-bond donors (Lipinski definition) is 2. The summed E-state index contributed by atoms with van der Waals surface area (Å²) in [5.41, 5.74) is 2.36. The van der Waals surface area contributed by atoms with E-state index in [1.165, 1.54) is 17.9 Å². The number of amides is 1. The molecule has 10 heteroatoms. The van der Waals surface area contributed by atoms with Crippen molar-refractivity contribution in [3.05, 3.63) is 65.5 Å². The second-order valence-electron chi connectivity index (χ2n) is 7.91. The first-order chi connectivity index (χ1) is 15.7. The molecule has 1 aliphatic heterocycles. The van der Waals surface area contributed by atoms with Gasteiger partial charge in [-0.25, -0.2) is 13.1 Å². The monoisotopic (exact) mass is 467 g/mol. The zero-order valence-electron chi connectivity index (χ0n) is 18.6. The van der Waals surface area contributed by atoms with Crippen LogP contribution in [-0.4, -0.2) is 61.3 Å². The fourth-order valence-corrected chi connectivity index (χ4v) is 4.43. The Hall–Kier alpha value is -3.66. The van der Waals surface area contributed by atoms with Crippen molar-refractivity contribution < 1.29 is 17.9 Å². The number of carbonyl (C=O) groups is 1. The molecular formula is C23H25N5O4S. The Morgan fingerprint density at radius 3 is 2.39 bits per heavy atom. The number of nitrogens with zero attached hydrogens (tertiary/aromatic N) is 3. The number of aromatic nitrogens is 2. The predicted molar refractivity (Wildman–Crippen MR) is 125 cm³/mol. The number of ether oxygens (including phenoxy) is 1. The van der Waals surface area contributed by atoms with Gasteiger partial charge in [-0.15, -0.1) is 0 Å². The van der Waals surface area contributed by atoms with Crippen LogP contribution in [0.4, 0.5) is 5.69 Å². The Kier molecular flexibility index (Phi) is 5.94. The van der Waals surface area contributed by atoms with Gasteiger partial charge in [0, 0.05) is 36.7 Å². The number of amidine groups is 1. The number of sulfone groups is 1. The summed E-state index contributed by atoms with van der Waals surface area (Å²) in [7, 11) is -2.17. The van der Waals surface area contributed by atoms with Crippen LogP contribution in [-0.2, 0) is 9.84 Å². The lowest BCUT2D eigenvalue weighted by Crippen LogP contribution is -2.42. The van der Waals surface area contributed by atoms with E-state index in [4.69, 9.17) is 10.1 Å². The molecule has 9 nitrogen and oxygen atoms in total. The topological polar surface area (TPSA) is 117 Å². The number of aryl methyl sites for hydroxylation is 1. The molecule has 0 atom stereocenters. The fourth-order valence-electron chi connectivity index (χ4n) is 3.57. The Bertz CT molecular complexity index is 1330. The lowest BCUT2D eigenvalue weighted by molar-refractivity contribution is 0.101. The SMILES string of the molecule is COc1ccc(-n2nc(C)cc2C(=O)Nc2ccc(C(=N)N3CCC3)cc2)c(S(C)(=O)=O)c1. The number of likely N-dealkylation sites (tertiary alicyclic amines) is 1. The van der Waals surface area contributed by atoms with Crippen molar-refractivity contribution in [2.75, 3.05) is 31.8 Å². The third-order valence-corrected chi connectivity index (χ3v) is 6.57. The van der Waals surface area contributed by atoms with Gasteiger partial charge in [0.05, 0.1) is 23.4 Å². The summed E-state index contributed by atoms with van der Waals surface area (Å²) in [5.74, 6) is 0.426. The summed E-state index contributed by atoms with van der Waals surface area (Å²) in [6.07, 6.45) is 2.19. The van der Waals surface area contributed by atoms with Crippen LogP contribution in [0.2, 0.25) is 0 Å². The van der Waals surface area contributed by atoms with Crippen molar-refractivity contribution in [3.8, 4) is 11.4 Å². The number of anilines is 1. The molecule has 172 valence electrons. The van der Waals surface area contributed by atoms with Gasteiger partial charge in [0.25, 0.3) is 5.91 Å². The van der Waals surface area contributed by atoms with Crippen LogP contribution in [0, 0.1) is 12.3 Å². The van der Waals surface area contributed by atoms with Gasteiger partial charge in [-0.3, -0.25) is 10.2 Å². The van der Waals surface area contributed by atoms with E-state index < -0.39 is 15.7 Å². The van der Waals surface area contributed by atoms with E-state index in [1.807, 2.05) is 4.90 Å². The highest BCUT2D eigenvalue weighted by Gasteiger charge is 2.23. The van der Waals surface area contributed by atoms with Crippen molar-refractivity contribution in [1.82, 2.24) is 14.7 Å². The molecule has 1 aromatic heterocycles. The van der Waals surface area contributed by atoms with Gasteiger partial charge < -0.3 is 15.0 Å². The van der Waals surface area contributed by atoms with E-state index in [-0.39, 0.29) is 16.3 Å². The second kappa shape index (κ2) is 8.70. The van der Waals surface area contributed by atoms with E-state index in [0.29, 0.717) is 23.0 Å². The van der Waals surface area contributed by atoms with Crippen LogP contribution in [0.15, 0.2) is 53.4 Å². The Morgan fingerprint density at radius 2 is 1.82 bits per heavy atom. The third-order valence-electron chi connectivity index (χ3n) is 5.45. The average Bonchev–Trinajstić information content (AvgIpc) is 3.13. The molecule has 4 rings (SSSR count). The summed E-state index contributed by atoms with van der Waals surface area (Å²) >= 11 is 0. The minimum atomic E-state index is -3.62. The molecule has 3 aromatic rings. The Balaban J connectivity index is 1.63. The van der Waals surface area contributed by atoms with Crippen LogP contribution >= 0.6 is 0 Å². The molecule has 0 bridgehead atoms. The first-order valence-electron chi connectivity index (χ1n) is 10.4. The first kappa shape index (κ1) is 22.5. The van der Waals surface area contributed by atoms with Crippen LogP contribution in [0.25, 0.3) is 5.69 Å². The maximum atomic E-state index is 13.1. The van der Waals surface area contributed by atoms with Gasteiger partial charge in [0.2, 0.25) is 0 Å². The summed E-state index contributed by atoms with van der Waals surface area (Å²) in [4.78, 5) is 15.1. The van der Waals surface area contributed by atoms with Crippen LogP contribution in [0.3, 0.4) is 0 Å². The number of hydrogen-bond acceptors (Lipinski definition) is 6. The van der Waals surface area contributed by atoms with E-state index in [9.17, 15) is 13.2 Å². The van der Waals surface area contributed by atoms with Crippen molar-refractivity contribution in [1.29, 1.82) is 5.41 Å². The van der Waals surface area contributed by atoms with Gasteiger partial charge in [-0.2, -0.15) is 5.10 Å². The van der Waals surface area contributed by atoms with Crippen LogP contribution in [0.1, 0.15) is 28.2 Å². The third kappa shape index (κ3) is 4.61. The van der Waals surface area contributed by atoms with Crippen LogP contribution < -0.4 is 10.1 Å². The van der Waals surface area contributed by atoms with Crippen molar-refractivity contribution in [2.45, 2.75) is 18.2 Å². The largest absolute Gasteiger partial charge is 0.497 e. The number of rotatable bonds is 6. The van der Waals surface area contributed by atoms with Gasteiger partial charge in [0.1, 0.15) is 17.3 Å². The molecule has 1 fully saturated rings. The fraction of sp³-hybridized carbons (Fsp3) is 0.261. The molecule has 2 N–H and O–H groups in total. The van der Waals surface area contributed by atoms with Crippen molar-refractivity contribution >= 4 is 27.3 Å². The molecule has 0 saturated carbocycles. The minimum absolute atomic E-state index is 0.00728. The molecule has 1 aliphatic rings. The quantitative estimate of drug-likeness (QED) is 0.425. The maximum absolute atomic E-state index is 13.1. The maximum Gasteiger partial charge on any atom is 0.274 e. The Morgan fingerprint density at radius 1 is 1.12 bits per heavy atom. The molecule has 1 saturated heterocycles. The van der Waals surface area contributed by atoms with Gasteiger partial charge in [0.15, 0.2) is 9.84 Å². The lowest BCUT2D eigenvalue weighted by Gasteiger charge is -2.33. The molecule has 0 aliphatic carbocycles. The normalized spacial score (nSPS) is 13.4. The smallest absolute Gasteiger partial charge is 0.274 e. The second-order valence-corrected chi connectivity index (χ2v) is 9.89. The van der Waals surface area contributed by atoms with Crippen molar-refractivity contribution in [2.24, 2.45) is 0 Å². The van der Waals surface area contributed by atoms with Crippen molar-refractivity contribution in [3.63, 3.8) is 0 Å². The molecule has 0 radical (unpaired) electrons. The highest BCUT2D eigenvalue weighted by atomic mass is 32.2. The Labute approximate surface area is 192 Å². The number of methoxy groups -OCH3 is 1. The first-order valence-corrected chi connectivity index (χ1v) is 12.3. The number of nitrogens with one attached hydrogen (secondary N) is 2. The highest BCUT2D eigenvalue weighted by Crippen LogP contribution is 2.27. The zero-order valence-corrected chi connectivity index (χ0v) is 19.4. The predicted octanol–water partition coefficient (Wildman–Crippen LogP) is 2.88. The molecule has 2 heterocycles. The summed E-state index contributed by atoms with van der Waals surface area (Å²) in [6, 6.07) is 13.3. The molecule has 33 heavy (non-hydrogen) atoms. The number of benzene rings is 2. The summed E-state index contributed by atoms with van der Waals surface area (Å²) in [5, 5.41) is 15.4. The standard InChI is InChI=1S/C23H25N5O4S/c1-15-13-20(28(26-15)19-10-9-18(32-2)14-21(19)33(3,30)31)23(29)25-17-7-5-16(6-8-17)22(24)27-11-4-12-27/h5-10,13-14,24H,4,11-12H2,1-3H3,(H,25,29). The van der Waals surface area contributed by atoms with Crippen LogP contribution in [0.5, 0.6) is 5.75 Å². The van der Waals surface area contributed by atoms with E-state index >= 15 is 0 Å². The van der Waals surface area contributed by atoms with E-state index in [1.54, 1.807) is 49.4 Å². The lowest BCUT2D eigenvalue weighted by atomic mass is 10.1. The minimum Gasteiger partial charge on any atom is -0.497 e. The molecule has 2 aromatic carbocycles. The summed E-state index contributed by atoms with van der Waals surface area (Å²) in [6.45, 7) is 3.51. The number of carbonyl (C=O) groups excluding carboxylic acids is 1. The summed E-state index contributed by atoms with van der Waals surface area (Å²) < 4.78 is 31.3. The average molecular weight is 468 g/mol. The van der Waals surface area contributed by atoms with E-state index in [2.05, 4.69) is 10.4 Å². The highest BCUT2D eigenvalue weighted by molar-refractivity contribution is 7.90. The van der Waals surface area contributed by atoms with Gasteiger partial charge in [-0.1, -0.05) is 0 Å². The van der Waals surface area contributed by atoms with E-state index in [0.717, 1.165) is 31.3 Å². The molecule has 0 unspecified atom stereocenters. The molecule has 0 spiro atoms. The van der Waals surface area contributed by atoms with Gasteiger partial charge in [-0.05, 0) is 55.8 Å². The molecular weight excluding hydrogens is 442 g/mol. The van der Waals surface area contributed by atoms with Gasteiger partial charge >= 0.3 is 0 Å².